The third-order valence-electron chi connectivity index (χ3n) is 4.73. The number of hydrogen-bond acceptors (Lipinski definition) is 4. The minimum Gasteiger partial charge on any atom is -0.306 e. The quantitative estimate of drug-likeness (QED) is 0.695. The van der Waals surface area contributed by atoms with Crippen molar-refractivity contribution in [3.05, 3.63) is 62.9 Å². The number of likely N-dealkylation sites (tertiary alicyclic amines) is 1. The lowest BCUT2D eigenvalue weighted by atomic mass is 9.88. The summed E-state index contributed by atoms with van der Waals surface area (Å²) in [7, 11) is 2.13. The van der Waals surface area contributed by atoms with Crippen LogP contribution in [-0.2, 0) is 0 Å². The van der Waals surface area contributed by atoms with Crippen molar-refractivity contribution in [2.75, 3.05) is 20.1 Å². The van der Waals surface area contributed by atoms with E-state index in [2.05, 4.69) is 11.9 Å². The molecule has 0 saturated carbocycles. The molecule has 0 radical (unpaired) electrons. The van der Waals surface area contributed by atoms with Crippen molar-refractivity contribution in [1.29, 1.82) is 0 Å². The summed E-state index contributed by atoms with van der Waals surface area (Å²) in [4.78, 5) is 28.1. The number of carbonyl (C=O) groups is 2. The molecule has 1 aliphatic carbocycles. The molecule has 2 heterocycles. The highest BCUT2D eigenvalue weighted by molar-refractivity contribution is 7.13. The highest BCUT2D eigenvalue weighted by atomic mass is 32.1. The predicted octanol–water partition coefficient (Wildman–Crippen LogP) is 3.65. The van der Waals surface area contributed by atoms with Gasteiger partial charge in [0, 0.05) is 24.2 Å². The Labute approximate surface area is 139 Å². The molecule has 0 amide bonds. The number of ketones is 2. The smallest absolute Gasteiger partial charge is 0.244 e. The zero-order valence-corrected chi connectivity index (χ0v) is 13.8. The number of rotatable bonds is 0. The van der Waals surface area contributed by atoms with Gasteiger partial charge in [-0.25, -0.2) is 0 Å². The number of carbonyl (C=O) groups excluding carboxylic acids is 2. The van der Waals surface area contributed by atoms with Gasteiger partial charge in [0.1, 0.15) is 0 Å². The van der Waals surface area contributed by atoms with E-state index < -0.39 is 0 Å². The standard InChI is InChI=1S/C19H17NO2S/c1-20-9-6-12(7-10-20)16-13-4-2-3-5-14(13)17(21)18(22)19-15(16)8-11-23-19/h2-5,8,11H,6-7,9-10H2,1H3. The van der Waals surface area contributed by atoms with Crippen molar-refractivity contribution < 1.29 is 9.59 Å². The fraction of sp³-hybridized carbons (Fsp3) is 0.263. The van der Waals surface area contributed by atoms with Crippen LogP contribution in [0.4, 0.5) is 0 Å². The first kappa shape index (κ1) is 14.5. The van der Waals surface area contributed by atoms with E-state index in [4.69, 9.17) is 0 Å². The summed E-state index contributed by atoms with van der Waals surface area (Å²) < 4.78 is 0. The molecule has 23 heavy (non-hydrogen) atoms. The Balaban J connectivity index is 2.01. The van der Waals surface area contributed by atoms with Crippen LogP contribution in [0, 0.1) is 0 Å². The van der Waals surface area contributed by atoms with E-state index >= 15 is 0 Å². The van der Waals surface area contributed by atoms with Crippen molar-refractivity contribution >= 4 is 28.5 Å². The first-order chi connectivity index (χ1) is 11.2. The Kier molecular flexibility index (Phi) is 3.51. The lowest BCUT2D eigenvalue weighted by molar-refractivity contribution is 0.0819. The summed E-state index contributed by atoms with van der Waals surface area (Å²) in [6, 6.07) is 9.54. The molecule has 0 atom stereocenters. The average Bonchev–Trinajstić information content (AvgIpc) is 3.02. The number of benzene rings is 1. The van der Waals surface area contributed by atoms with E-state index in [1.165, 1.54) is 16.9 Å². The molecule has 0 spiro atoms. The zero-order valence-electron chi connectivity index (χ0n) is 13.0. The van der Waals surface area contributed by atoms with Gasteiger partial charge in [-0.3, -0.25) is 9.59 Å². The summed E-state index contributed by atoms with van der Waals surface area (Å²) in [5.74, 6) is -0.751. The molecule has 2 aliphatic rings. The lowest BCUT2D eigenvalue weighted by Gasteiger charge is -2.27. The minimum atomic E-state index is -0.382. The molecule has 0 unspecified atom stereocenters. The number of thiophene rings is 1. The number of Topliss-reactive ketones (excluding diaryl/α,β-unsaturated/α-hetero) is 2. The van der Waals surface area contributed by atoms with Gasteiger partial charge in [-0.05, 0) is 42.5 Å². The maximum atomic E-state index is 12.6. The largest absolute Gasteiger partial charge is 0.306 e. The summed E-state index contributed by atoms with van der Waals surface area (Å²) in [6.45, 7) is 2.03. The molecule has 4 heteroatoms. The van der Waals surface area contributed by atoms with Gasteiger partial charge >= 0.3 is 0 Å². The van der Waals surface area contributed by atoms with Gasteiger partial charge in [0.15, 0.2) is 0 Å². The molecule has 2 aromatic rings. The van der Waals surface area contributed by atoms with Crippen molar-refractivity contribution in [3.8, 4) is 0 Å². The molecular formula is C19H17NO2S. The highest BCUT2D eigenvalue weighted by Gasteiger charge is 2.32. The second kappa shape index (κ2) is 5.55. The molecule has 3 nitrogen and oxygen atoms in total. The zero-order chi connectivity index (χ0) is 16.0. The van der Waals surface area contributed by atoms with Gasteiger partial charge in [-0.1, -0.05) is 29.8 Å². The monoisotopic (exact) mass is 323 g/mol. The maximum Gasteiger partial charge on any atom is 0.244 e. The van der Waals surface area contributed by atoms with Crippen LogP contribution in [0.1, 0.15) is 44.0 Å². The van der Waals surface area contributed by atoms with Gasteiger partial charge in [-0.2, -0.15) is 0 Å². The van der Waals surface area contributed by atoms with Gasteiger partial charge in [-0.15, -0.1) is 11.3 Å². The summed E-state index contributed by atoms with van der Waals surface area (Å²) in [5.41, 5.74) is 4.88. The molecule has 0 N–H and O–H groups in total. The van der Waals surface area contributed by atoms with Crippen LogP contribution in [0.3, 0.4) is 0 Å². The maximum absolute atomic E-state index is 12.6. The fourth-order valence-corrected chi connectivity index (χ4v) is 4.31. The van der Waals surface area contributed by atoms with Crippen LogP contribution < -0.4 is 0 Å². The first-order valence-corrected chi connectivity index (χ1v) is 8.71. The van der Waals surface area contributed by atoms with Crippen LogP contribution in [0.25, 0.3) is 5.57 Å². The van der Waals surface area contributed by atoms with E-state index in [9.17, 15) is 9.59 Å². The van der Waals surface area contributed by atoms with E-state index in [0.717, 1.165) is 42.6 Å². The minimum absolute atomic E-state index is 0.369. The summed E-state index contributed by atoms with van der Waals surface area (Å²) >= 11 is 1.37. The number of fused-ring (bicyclic) bond motifs is 2. The third-order valence-corrected chi connectivity index (χ3v) is 5.65. The van der Waals surface area contributed by atoms with Crippen molar-refractivity contribution in [1.82, 2.24) is 4.90 Å². The van der Waals surface area contributed by atoms with Gasteiger partial charge in [0.05, 0.1) is 4.88 Å². The Hall–Kier alpha value is -2.04. The number of piperidine rings is 1. The van der Waals surface area contributed by atoms with Crippen LogP contribution in [0.15, 0.2) is 41.3 Å². The SMILES string of the molecule is CN1CCC(=C2c3ccccc3C(=O)C(=O)c3sccc32)CC1. The Morgan fingerprint density at radius 1 is 0.913 bits per heavy atom. The van der Waals surface area contributed by atoms with Crippen LogP contribution in [-0.4, -0.2) is 36.6 Å². The van der Waals surface area contributed by atoms with E-state index in [1.54, 1.807) is 6.07 Å². The molecule has 1 fully saturated rings. The topological polar surface area (TPSA) is 37.4 Å². The molecule has 1 saturated heterocycles. The number of nitrogens with zero attached hydrogens (tertiary/aromatic N) is 1. The van der Waals surface area contributed by atoms with Crippen molar-refractivity contribution in [2.45, 2.75) is 12.8 Å². The van der Waals surface area contributed by atoms with Gasteiger partial charge < -0.3 is 4.90 Å². The summed E-state index contributed by atoms with van der Waals surface area (Å²) in [5, 5.41) is 1.92. The molecule has 0 bridgehead atoms. The third kappa shape index (κ3) is 2.30. The lowest BCUT2D eigenvalue weighted by Crippen LogP contribution is -2.27. The highest BCUT2D eigenvalue weighted by Crippen LogP contribution is 2.40. The van der Waals surface area contributed by atoms with Crippen LogP contribution in [0.5, 0.6) is 0 Å². The Morgan fingerprint density at radius 3 is 2.35 bits per heavy atom. The molecular weight excluding hydrogens is 306 g/mol. The van der Waals surface area contributed by atoms with Gasteiger partial charge in [0.2, 0.25) is 11.6 Å². The Morgan fingerprint density at radius 2 is 1.61 bits per heavy atom. The first-order valence-electron chi connectivity index (χ1n) is 7.83. The molecule has 4 rings (SSSR count). The second-order valence-electron chi connectivity index (χ2n) is 6.15. The Bertz CT molecular complexity index is 837. The molecule has 1 aromatic heterocycles. The fourth-order valence-electron chi connectivity index (χ4n) is 3.47. The number of hydrogen-bond donors (Lipinski definition) is 0. The van der Waals surface area contributed by atoms with E-state index in [0.29, 0.717) is 10.4 Å². The molecule has 116 valence electrons. The molecule has 1 aliphatic heterocycles. The van der Waals surface area contributed by atoms with E-state index in [-0.39, 0.29) is 11.6 Å². The van der Waals surface area contributed by atoms with E-state index in [1.807, 2.05) is 29.6 Å². The van der Waals surface area contributed by atoms with Gasteiger partial charge in [0.25, 0.3) is 0 Å². The van der Waals surface area contributed by atoms with Crippen LogP contribution >= 0.6 is 11.3 Å². The predicted molar refractivity (Wildman–Crippen MR) is 92.2 cm³/mol. The van der Waals surface area contributed by atoms with Crippen molar-refractivity contribution in [2.24, 2.45) is 0 Å². The second-order valence-corrected chi connectivity index (χ2v) is 7.07. The van der Waals surface area contributed by atoms with Crippen molar-refractivity contribution in [3.63, 3.8) is 0 Å². The molecule has 1 aromatic carbocycles. The average molecular weight is 323 g/mol. The van der Waals surface area contributed by atoms with Crippen LogP contribution in [0.2, 0.25) is 0 Å². The summed E-state index contributed by atoms with van der Waals surface area (Å²) in [6.07, 6.45) is 1.97. The normalized spacial score (nSPS) is 18.7.